The number of rotatable bonds is 3. The van der Waals surface area contributed by atoms with Crippen LogP contribution >= 0.6 is 0 Å². The van der Waals surface area contributed by atoms with E-state index in [1.807, 2.05) is 12.1 Å². The average Bonchev–Trinajstić information content (AvgIpc) is 2.63. The maximum Gasteiger partial charge on any atom is 0.117 e. The fourth-order valence-electron chi connectivity index (χ4n) is 2.84. The Labute approximate surface area is 83.9 Å². The Kier molecular flexibility index (Phi) is 1.89. The van der Waals surface area contributed by atoms with Crippen LogP contribution in [0.25, 0.3) is 0 Å². The lowest BCUT2D eigenvalue weighted by Gasteiger charge is -2.17. The van der Waals surface area contributed by atoms with E-state index in [-0.39, 0.29) is 0 Å². The topological polar surface area (TPSA) is 42.4 Å². The number of hydrogen-bond donors (Lipinski definition) is 1. The highest BCUT2D eigenvalue weighted by Crippen LogP contribution is 2.51. The van der Waals surface area contributed by atoms with Crippen LogP contribution in [-0.4, -0.2) is 24.5 Å². The van der Waals surface area contributed by atoms with Crippen molar-refractivity contribution in [3.05, 3.63) is 24.2 Å². The molecule has 3 rings (SSSR count). The van der Waals surface area contributed by atoms with Crippen LogP contribution in [0.4, 0.5) is 0 Å². The van der Waals surface area contributed by atoms with Gasteiger partial charge in [0.1, 0.15) is 5.76 Å². The van der Waals surface area contributed by atoms with Crippen molar-refractivity contribution in [2.24, 2.45) is 23.5 Å². The molecule has 0 bridgehead atoms. The largest absolute Gasteiger partial charge is 0.468 e. The summed E-state index contributed by atoms with van der Waals surface area (Å²) in [5.41, 5.74) is 5.67. The van der Waals surface area contributed by atoms with E-state index >= 15 is 0 Å². The van der Waals surface area contributed by atoms with Crippen molar-refractivity contribution in [1.82, 2.24) is 4.90 Å². The molecule has 0 aromatic carbocycles. The summed E-state index contributed by atoms with van der Waals surface area (Å²) in [5.74, 6) is 3.67. The summed E-state index contributed by atoms with van der Waals surface area (Å²) < 4.78 is 5.33. The van der Waals surface area contributed by atoms with Gasteiger partial charge in [0.25, 0.3) is 0 Å². The molecule has 2 heterocycles. The number of likely N-dealkylation sites (tertiary alicyclic amines) is 1. The van der Waals surface area contributed by atoms with Crippen molar-refractivity contribution in [2.75, 3.05) is 19.6 Å². The number of hydrogen-bond acceptors (Lipinski definition) is 3. The molecule has 3 nitrogen and oxygen atoms in total. The molecular weight excluding hydrogens is 176 g/mol. The molecule has 2 unspecified atom stereocenters. The quantitative estimate of drug-likeness (QED) is 0.774. The monoisotopic (exact) mass is 192 g/mol. The van der Waals surface area contributed by atoms with Crippen LogP contribution < -0.4 is 5.73 Å². The Hall–Kier alpha value is -0.800. The van der Waals surface area contributed by atoms with Crippen molar-refractivity contribution < 1.29 is 4.42 Å². The lowest BCUT2D eigenvalue weighted by Crippen LogP contribution is -2.25. The zero-order valence-electron chi connectivity index (χ0n) is 8.23. The molecule has 1 aliphatic carbocycles. The Balaban J connectivity index is 1.55. The normalized spacial score (nSPS) is 35.9. The SMILES string of the molecule is NCC1C2CN(Cc3ccco3)CC12. The first kappa shape index (κ1) is 8.50. The van der Waals surface area contributed by atoms with Gasteiger partial charge in [-0.05, 0) is 36.4 Å². The van der Waals surface area contributed by atoms with E-state index in [2.05, 4.69) is 4.90 Å². The number of piperidine rings is 1. The zero-order valence-corrected chi connectivity index (χ0v) is 8.23. The average molecular weight is 192 g/mol. The van der Waals surface area contributed by atoms with Gasteiger partial charge < -0.3 is 10.2 Å². The number of fused-ring (bicyclic) bond motifs is 1. The number of nitrogens with zero attached hydrogens (tertiary/aromatic N) is 1. The molecule has 0 spiro atoms. The third kappa shape index (κ3) is 1.28. The third-order valence-corrected chi connectivity index (χ3v) is 3.68. The summed E-state index contributed by atoms with van der Waals surface area (Å²) in [4.78, 5) is 2.47. The van der Waals surface area contributed by atoms with E-state index in [1.54, 1.807) is 6.26 Å². The summed E-state index contributed by atoms with van der Waals surface area (Å²) in [6, 6.07) is 4.00. The second-order valence-electron chi connectivity index (χ2n) is 4.50. The highest BCUT2D eigenvalue weighted by molar-refractivity contribution is 5.07. The molecule has 1 saturated carbocycles. The van der Waals surface area contributed by atoms with Crippen molar-refractivity contribution in [3.63, 3.8) is 0 Å². The van der Waals surface area contributed by atoms with Crippen LogP contribution in [-0.2, 0) is 6.54 Å². The molecule has 2 aliphatic rings. The van der Waals surface area contributed by atoms with Gasteiger partial charge in [-0.3, -0.25) is 4.90 Å². The van der Waals surface area contributed by atoms with E-state index in [9.17, 15) is 0 Å². The van der Waals surface area contributed by atoms with Gasteiger partial charge >= 0.3 is 0 Å². The highest BCUT2D eigenvalue weighted by Gasteiger charge is 2.54. The predicted molar refractivity (Wildman–Crippen MR) is 53.5 cm³/mol. The minimum atomic E-state index is 0.822. The van der Waals surface area contributed by atoms with Gasteiger partial charge in [0.15, 0.2) is 0 Å². The lowest BCUT2D eigenvalue weighted by molar-refractivity contribution is 0.256. The van der Waals surface area contributed by atoms with Crippen LogP contribution in [0, 0.1) is 17.8 Å². The maximum atomic E-state index is 5.67. The van der Waals surface area contributed by atoms with Gasteiger partial charge in [-0.2, -0.15) is 0 Å². The van der Waals surface area contributed by atoms with Gasteiger partial charge in [0.05, 0.1) is 12.8 Å². The minimum Gasteiger partial charge on any atom is -0.468 e. The standard InChI is InChI=1S/C11H16N2O/c12-4-9-10-6-13(7-11(9)10)5-8-2-1-3-14-8/h1-3,9-11H,4-7,12H2. The molecule has 1 aliphatic heterocycles. The molecule has 76 valence electrons. The highest BCUT2D eigenvalue weighted by atomic mass is 16.3. The first-order valence-electron chi connectivity index (χ1n) is 5.33. The Morgan fingerprint density at radius 2 is 2.21 bits per heavy atom. The first-order valence-corrected chi connectivity index (χ1v) is 5.33. The van der Waals surface area contributed by atoms with Crippen LogP contribution in [0.15, 0.2) is 22.8 Å². The van der Waals surface area contributed by atoms with E-state index < -0.39 is 0 Å². The molecule has 1 aromatic rings. The first-order chi connectivity index (χ1) is 6.88. The summed E-state index contributed by atoms with van der Waals surface area (Å²) in [6.07, 6.45) is 1.74. The molecular formula is C11H16N2O. The van der Waals surface area contributed by atoms with Crippen LogP contribution in [0.5, 0.6) is 0 Å². The van der Waals surface area contributed by atoms with Gasteiger partial charge in [-0.15, -0.1) is 0 Å². The van der Waals surface area contributed by atoms with E-state index in [4.69, 9.17) is 10.2 Å². The van der Waals surface area contributed by atoms with Gasteiger partial charge in [0.2, 0.25) is 0 Å². The molecule has 14 heavy (non-hydrogen) atoms. The second kappa shape index (κ2) is 3.11. The number of nitrogens with two attached hydrogens (primary N) is 1. The molecule has 3 heteroatoms. The molecule has 0 radical (unpaired) electrons. The second-order valence-corrected chi connectivity index (χ2v) is 4.50. The fourth-order valence-corrected chi connectivity index (χ4v) is 2.84. The lowest BCUT2D eigenvalue weighted by atomic mass is 10.2. The smallest absolute Gasteiger partial charge is 0.117 e. The van der Waals surface area contributed by atoms with E-state index in [1.165, 1.54) is 13.1 Å². The summed E-state index contributed by atoms with van der Waals surface area (Å²) in [7, 11) is 0. The maximum absolute atomic E-state index is 5.67. The molecule has 0 amide bonds. The predicted octanol–water partition coefficient (Wildman–Crippen LogP) is 0.916. The molecule has 2 atom stereocenters. The van der Waals surface area contributed by atoms with Crippen LogP contribution in [0.3, 0.4) is 0 Å². The van der Waals surface area contributed by atoms with Crippen LogP contribution in [0.2, 0.25) is 0 Å². The molecule has 2 N–H and O–H groups in total. The van der Waals surface area contributed by atoms with E-state index in [0.29, 0.717) is 0 Å². The Morgan fingerprint density at radius 3 is 2.79 bits per heavy atom. The Bertz CT molecular complexity index is 297. The van der Waals surface area contributed by atoms with Crippen molar-refractivity contribution in [3.8, 4) is 0 Å². The van der Waals surface area contributed by atoms with Gasteiger partial charge in [-0.1, -0.05) is 0 Å². The summed E-state index contributed by atoms with van der Waals surface area (Å²) in [5, 5.41) is 0. The van der Waals surface area contributed by atoms with Gasteiger partial charge in [0, 0.05) is 13.1 Å². The van der Waals surface area contributed by atoms with Crippen molar-refractivity contribution >= 4 is 0 Å². The van der Waals surface area contributed by atoms with Gasteiger partial charge in [-0.25, -0.2) is 0 Å². The number of furan rings is 1. The minimum absolute atomic E-state index is 0.822. The Morgan fingerprint density at radius 1 is 1.43 bits per heavy atom. The summed E-state index contributed by atoms with van der Waals surface area (Å²) in [6.45, 7) is 4.28. The summed E-state index contributed by atoms with van der Waals surface area (Å²) >= 11 is 0. The molecule has 1 aromatic heterocycles. The fraction of sp³-hybridized carbons (Fsp3) is 0.636. The van der Waals surface area contributed by atoms with Crippen LogP contribution in [0.1, 0.15) is 5.76 Å². The molecule has 1 saturated heterocycles. The van der Waals surface area contributed by atoms with Crippen molar-refractivity contribution in [2.45, 2.75) is 6.54 Å². The zero-order chi connectivity index (χ0) is 9.54. The van der Waals surface area contributed by atoms with E-state index in [0.717, 1.165) is 36.6 Å². The molecule has 2 fully saturated rings. The third-order valence-electron chi connectivity index (χ3n) is 3.68. The van der Waals surface area contributed by atoms with Crippen molar-refractivity contribution in [1.29, 1.82) is 0 Å².